The van der Waals surface area contributed by atoms with E-state index in [2.05, 4.69) is 10.6 Å². The molecule has 0 bridgehead atoms. The zero-order valence-electron chi connectivity index (χ0n) is 18.6. The molecule has 0 saturated carbocycles. The van der Waals surface area contributed by atoms with Crippen LogP contribution in [-0.2, 0) is 9.59 Å². The van der Waals surface area contributed by atoms with Gasteiger partial charge in [0.2, 0.25) is 5.91 Å². The van der Waals surface area contributed by atoms with Crippen molar-refractivity contribution in [3.8, 4) is 5.75 Å². The van der Waals surface area contributed by atoms with Gasteiger partial charge in [0.15, 0.2) is 0 Å². The van der Waals surface area contributed by atoms with Gasteiger partial charge >= 0.3 is 6.03 Å². The van der Waals surface area contributed by atoms with E-state index in [9.17, 15) is 14.4 Å². The molecule has 0 spiro atoms. The highest BCUT2D eigenvalue weighted by Gasteiger charge is 2.44. The zero-order chi connectivity index (χ0) is 23.0. The lowest BCUT2D eigenvalue weighted by atomic mass is 9.95. The molecule has 1 unspecified atom stereocenters. The molecule has 2 aliphatic rings. The minimum Gasteiger partial charge on any atom is -0.496 e. The Kier molecular flexibility index (Phi) is 5.61. The lowest BCUT2D eigenvalue weighted by molar-refractivity contribution is -0.130. The number of para-hydroxylation sites is 1. The standard InChI is InChI=1S/C24H26N4O4/c1-14-9-10-16(11-15(14)2)25-20(29)13-28-12-18-21(23(28)30)22(26-24(31)27(18)3)17-7-5-6-8-19(17)32-4/h5-11,22H,12-13H2,1-4H3,(H,25,29)(H,26,31). The molecule has 0 aliphatic carbocycles. The molecule has 2 aliphatic heterocycles. The highest BCUT2D eigenvalue weighted by Crippen LogP contribution is 2.38. The first-order chi connectivity index (χ1) is 15.3. The summed E-state index contributed by atoms with van der Waals surface area (Å²) in [5, 5.41) is 5.74. The SMILES string of the molecule is COc1ccccc1C1NC(=O)N(C)C2=C1C(=O)N(CC(=O)Nc1ccc(C)c(C)c1)C2. The average molecular weight is 434 g/mol. The van der Waals surface area contributed by atoms with Gasteiger partial charge in [-0.1, -0.05) is 24.3 Å². The molecule has 1 atom stereocenters. The second-order valence-corrected chi connectivity index (χ2v) is 8.05. The molecule has 0 fully saturated rings. The number of nitrogens with zero attached hydrogens (tertiary/aromatic N) is 2. The van der Waals surface area contributed by atoms with Gasteiger partial charge in [-0.25, -0.2) is 4.79 Å². The van der Waals surface area contributed by atoms with Gasteiger partial charge in [0.1, 0.15) is 12.3 Å². The van der Waals surface area contributed by atoms with Gasteiger partial charge in [0.05, 0.1) is 31.0 Å². The number of anilines is 1. The largest absolute Gasteiger partial charge is 0.496 e. The van der Waals surface area contributed by atoms with Crippen LogP contribution in [0.4, 0.5) is 10.5 Å². The fourth-order valence-electron chi connectivity index (χ4n) is 4.08. The Labute approximate surface area is 186 Å². The number of likely N-dealkylation sites (N-methyl/N-ethyl adjacent to an activating group) is 1. The third-order valence-corrected chi connectivity index (χ3v) is 6.01. The van der Waals surface area contributed by atoms with Crippen LogP contribution < -0.4 is 15.4 Å². The van der Waals surface area contributed by atoms with E-state index in [0.29, 0.717) is 28.3 Å². The molecule has 8 nitrogen and oxygen atoms in total. The van der Waals surface area contributed by atoms with Crippen LogP contribution >= 0.6 is 0 Å². The highest BCUT2D eigenvalue weighted by molar-refractivity contribution is 6.04. The number of carbonyl (C=O) groups excluding carboxylic acids is 3. The van der Waals surface area contributed by atoms with E-state index in [0.717, 1.165) is 11.1 Å². The lowest BCUT2D eigenvalue weighted by Crippen LogP contribution is -2.45. The minimum atomic E-state index is -0.648. The fraction of sp³-hybridized carbons (Fsp3) is 0.292. The Hall–Kier alpha value is -3.81. The van der Waals surface area contributed by atoms with E-state index < -0.39 is 6.04 Å². The summed E-state index contributed by atoms with van der Waals surface area (Å²) in [5.41, 5.74) is 4.63. The van der Waals surface area contributed by atoms with Crippen LogP contribution in [0.15, 0.2) is 53.7 Å². The van der Waals surface area contributed by atoms with Crippen molar-refractivity contribution >= 4 is 23.5 Å². The maximum Gasteiger partial charge on any atom is 0.322 e. The number of amides is 4. The first-order valence-electron chi connectivity index (χ1n) is 10.4. The molecule has 2 heterocycles. The number of carbonyl (C=O) groups is 3. The molecule has 0 radical (unpaired) electrons. The van der Waals surface area contributed by atoms with Crippen LogP contribution in [0.3, 0.4) is 0 Å². The van der Waals surface area contributed by atoms with Crippen LogP contribution in [0, 0.1) is 13.8 Å². The van der Waals surface area contributed by atoms with Crippen molar-refractivity contribution in [3.63, 3.8) is 0 Å². The number of methoxy groups -OCH3 is 1. The van der Waals surface area contributed by atoms with E-state index in [4.69, 9.17) is 4.74 Å². The molecule has 2 N–H and O–H groups in total. The van der Waals surface area contributed by atoms with E-state index >= 15 is 0 Å². The highest BCUT2D eigenvalue weighted by atomic mass is 16.5. The molecule has 0 aromatic heterocycles. The normalized spacial score (nSPS) is 17.9. The Morgan fingerprint density at radius 2 is 1.91 bits per heavy atom. The fourth-order valence-corrected chi connectivity index (χ4v) is 4.08. The predicted octanol–water partition coefficient (Wildman–Crippen LogP) is 2.74. The molecular weight excluding hydrogens is 408 g/mol. The number of nitrogens with one attached hydrogen (secondary N) is 2. The third-order valence-electron chi connectivity index (χ3n) is 6.01. The summed E-state index contributed by atoms with van der Waals surface area (Å²) in [7, 11) is 3.17. The number of benzene rings is 2. The van der Waals surface area contributed by atoms with Gasteiger partial charge in [-0.05, 0) is 43.2 Å². The van der Waals surface area contributed by atoms with Gasteiger partial charge < -0.3 is 20.3 Å². The topological polar surface area (TPSA) is 91.0 Å². The van der Waals surface area contributed by atoms with E-state index in [1.165, 1.54) is 9.80 Å². The number of aryl methyl sites for hydroxylation is 2. The van der Waals surface area contributed by atoms with Crippen molar-refractivity contribution in [2.75, 3.05) is 32.6 Å². The lowest BCUT2D eigenvalue weighted by Gasteiger charge is -2.31. The van der Waals surface area contributed by atoms with Crippen LogP contribution in [-0.4, -0.2) is 54.9 Å². The van der Waals surface area contributed by atoms with Gasteiger partial charge in [0, 0.05) is 18.3 Å². The second-order valence-electron chi connectivity index (χ2n) is 8.05. The molecule has 166 valence electrons. The van der Waals surface area contributed by atoms with Gasteiger partial charge in [-0.3, -0.25) is 14.5 Å². The average Bonchev–Trinajstić information content (AvgIpc) is 3.09. The first kappa shape index (κ1) is 21.4. The maximum absolute atomic E-state index is 13.3. The van der Waals surface area contributed by atoms with Crippen molar-refractivity contribution in [1.29, 1.82) is 0 Å². The van der Waals surface area contributed by atoms with Crippen molar-refractivity contribution in [1.82, 2.24) is 15.1 Å². The number of urea groups is 1. The van der Waals surface area contributed by atoms with Gasteiger partial charge in [-0.15, -0.1) is 0 Å². The van der Waals surface area contributed by atoms with Crippen LogP contribution in [0.1, 0.15) is 22.7 Å². The Balaban J connectivity index is 1.56. The molecule has 0 saturated heterocycles. The predicted molar refractivity (Wildman–Crippen MR) is 120 cm³/mol. The number of hydrogen-bond acceptors (Lipinski definition) is 4. The monoisotopic (exact) mass is 434 g/mol. The van der Waals surface area contributed by atoms with Gasteiger partial charge in [0.25, 0.3) is 5.91 Å². The van der Waals surface area contributed by atoms with Crippen molar-refractivity contribution in [3.05, 3.63) is 70.4 Å². The number of ether oxygens (including phenoxy) is 1. The molecule has 32 heavy (non-hydrogen) atoms. The molecule has 2 aromatic carbocycles. The number of rotatable bonds is 5. The van der Waals surface area contributed by atoms with E-state index in [1.807, 2.05) is 50.2 Å². The molecule has 4 rings (SSSR count). The number of hydrogen-bond donors (Lipinski definition) is 2. The Morgan fingerprint density at radius 3 is 2.62 bits per heavy atom. The molecule has 2 aromatic rings. The van der Waals surface area contributed by atoms with E-state index in [-0.39, 0.29) is 30.9 Å². The summed E-state index contributed by atoms with van der Waals surface area (Å²) in [4.78, 5) is 41.5. The third kappa shape index (κ3) is 3.79. The summed E-state index contributed by atoms with van der Waals surface area (Å²) in [6, 6.07) is 12.0. The maximum atomic E-state index is 13.3. The van der Waals surface area contributed by atoms with E-state index in [1.54, 1.807) is 20.2 Å². The Morgan fingerprint density at radius 1 is 1.16 bits per heavy atom. The van der Waals surface area contributed by atoms with Crippen LogP contribution in [0.5, 0.6) is 5.75 Å². The quantitative estimate of drug-likeness (QED) is 0.757. The summed E-state index contributed by atoms with van der Waals surface area (Å²) in [6.07, 6.45) is 0. The van der Waals surface area contributed by atoms with Gasteiger partial charge in [-0.2, -0.15) is 0 Å². The second kappa shape index (κ2) is 8.37. The summed E-state index contributed by atoms with van der Waals surface area (Å²) in [6.45, 7) is 4.05. The molecular formula is C24H26N4O4. The van der Waals surface area contributed by atoms with Crippen molar-refractivity contribution in [2.45, 2.75) is 19.9 Å². The first-order valence-corrected chi connectivity index (χ1v) is 10.4. The van der Waals surface area contributed by atoms with Crippen LogP contribution in [0.2, 0.25) is 0 Å². The van der Waals surface area contributed by atoms with Crippen molar-refractivity contribution < 1.29 is 19.1 Å². The smallest absolute Gasteiger partial charge is 0.322 e. The van der Waals surface area contributed by atoms with Crippen molar-refractivity contribution in [2.24, 2.45) is 0 Å². The molecule has 4 amide bonds. The summed E-state index contributed by atoms with van der Waals surface area (Å²) < 4.78 is 5.44. The summed E-state index contributed by atoms with van der Waals surface area (Å²) >= 11 is 0. The minimum absolute atomic E-state index is 0.112. The zero-order valence-corrected chi connectivity index (χ0v) is 18.6. The van der Waals surface area contributed by atoms with Crippen LogP contribution in [0.25, 0.3) is 0 Å². The Bertz CT molecular complexity index is 1140. The molecule has 8 heteroatoms. The summed E-state index contributed by atoms with van der Waals surface area (Å²) in [5.74, 6) is 0.00293.